The van der Waals surface area contributed by atoms with Crippen LogP contribution in [0.2, 0.25) is 0 Å². The fraction of sp³-hybridized carbons (Fsp3) is 0.462. The van der Waals surface area contributed by atoms with Crippen LogP contribution >= 0.6 is 0 Å². The first kappa shape index (κ1) is 10.3. The lowest BCUT2D eigenvalue weighted by Crippen LogP contribution is -1.93. The molecule has 0 fully saturated rings. The van der Waals surface area contributed by atoms with Crippen molar-refractivity contribution in [2.45, 2.75) is 39.5 Å². The highest BCUT2D eigenvalue weighted by Gasteiger charge is 2.02. The zero-order valence-electron chi connectivity index (χ0n) is 8.93. The van der Waals surface area contributed by atoms with E-state index in [0.717, 1.165) is 12.8 Å². The van der Waals surface area contributed by atoms with E-state index < -0.39 is 0 Å². The molecule has 0 aliphatic rings. The summed E-state index contributed by atoms with van der Waals surface area (Å²) in [4.78, 5) is 0. The smallest absolute Gasteiger partial charge is 0.0190 e. The monoisotopic (exact) mass is 175 g/mol. The average Bonchev–Trinajstić information content (AvgIpc) is 2.16. The van der Waals surface area contributed by atoms with Crippen LogP contribution in [-0.4, -0.2) is 0 Å². The van der Waals surface area contributed by atoms with E-state index in [-0.39, 0.29) is 0 Å². The quantitative estimate of drug-likeness (QED) is 0.656. The average molecular weight is 175 g/mol. The van der Waals surface area contributed by atoms with Gasteiger partial charge in [0.1, 0.15) is 0 Å². The molecule has 0 aliphatic heterocycles. The Labute approximate surface area is 82.0 Å². The van der Waals surface area contributed by atoms with Crippen molar-refractivity contribution in [1.29, 1.82) is 0 Å². The molecule has 1 rings (SSSR count). The molecule has 0 heteroatoms. The van der Waals surface area contributed by atoms with Crippen LogP contribution in [0.1, 0.15) is 43.4 Å². The zero-order valence-corrected chi connectivity index (χ0v) is 8.93. The largest absolute Gasteiger partial charge is 0.0613 e. The molecule has 0 N–H and O–H groups in total. The highest BCUT2D eigenvalue weighted by atomic mass is 14.1. The SMILES string of the molecule is [CH2]C(C)c1cc(CC)cc(CC)c1. The third-order valence-electron chi connectivity index (χ3n) is 2.46. The summed E-state index contributed by atoms with van der Waals surface area (Å²) >= 11 is 0. The van der Waals surface area contributed by atoms with Gasteiger partial charge in [-0.15, -0.1) is 0 Å². The van der Waals surface area contributed by atoms with Crippen molar-refractivity contribution in [2.75, 3.05) is 0 Å². The van der Waals surface area contributed by atoms with Gasteiger partial charge in [-0.2, -0.15) is 0 Å². The second-order valence-corrected chi connectivity index (χ2v) is 3.69. The predicted molar refractivity (Wildman–Crippen MR) is 59.0 cm³/mol. The minimum Gasteiger partial charge on any atom is -0.0613 e. The van der Waals surface area contributed by atoms with E-state index in [0.29, 0.717) is 5.92 Å². The van der Waals surface area contributed by atoms with Gasteiger partial charge in [0.25, 0.3) is 0 Å². The van der Waals surface area contributed by atoms with Crippen molar-refractivity contribution >= 4 is 0 Å². The third-order valence-corrected chi connectivity index (χ3v) is 2.46. The van der Waals surface area contributed by atoms with E-state index in [9.17, 15) is 0 Å². The molecule has 1 aromatic rings. The van der Waals surface area contributed by atoms with Crippen LogP contribution in [0, 0.1) is 6.92 Å². The highest BCUT2D eigenvalue weighted by molar-refractivity contribution is 5.32. The molecular weight excluding hydrogens is 156 g/mol. The minimum atomic E-state index is 0.400. The second kappa shape index (κ2) is 4.45. The van der Waals surface area contributed by atoms with E-state index in [1.54, 1.807) is 0 Å². The van der Waals surface area contributed by atoms with Gasteiger partial charge in [-0.1, -0.05) is 39.0 Å². The molecule has 0 amide bonds. The molecule has 1 unspecified atom stereocenters. The van der Waals surface area contributed by atoms with Crippen molar-refractivity contribution in [3.63, 3.8) is 0 Å². The molecule has 0 aliphatic carbocycles. The maximum Gasteiger partial charge on any atom is -0.0190 e. The Morgan fingerprint density at radius 1 is 1.08 bits per heavy atom. The first-order valence-corrected chi connectivity index (χ1v) is 5.13. The predicted octanol–water partition coefficient (Wildman–Crippen LogP) is 3.75. The molecule has 1 aromatic carbocycles. The summed E-state index contributed by atoms with van der Waals surface area (Å²) in [6.07, 6.45) is 2.24. The lowest BCUT2D eigenvalue weighted by Gasteiger charge is -2.10. The van der Waals surface area contributed by atoms with Crippen molar-refractivity contribution in [2.24, 2.45) is 0 Å². The van der Waals surface area contributed by atoms with Gasteiger partial charge in [0.15, 0.2) is 0 Å². The summed E-state index contributed by atoms with van der Waals surface area (Å²) < 4.78 is 0. The van der Waals surface area contributed by atoms with Gasteiger partial charge < -0.3 is 0 Å². The summed E-state index contributed by atoms with van der Waals surface area (Å²) in [5.41, 5.74) is 4.24. The van der Waals surface area contributed by atoms with Crippen LogP contribution < -0.4 is 0 Å². The standard InChI is InChI=1S/C13H19/c1-5-11-7-12(6-2)9-13(8-11)10(3)4/h7-10H,3,5-6H2,1-2,4H3. The third kappa shape index (κ3) is 2.58. The van der Waals surface area contributed by atoms with Crippen LogP contribution in [0.25, 0.3) is 0 Å². The number of benzene rings is 1. The second-order valence-electron chi connectivity index (χ2n) is 3.69. The van der Waals surface area contributed by atoms with E-state index in [2.05, 4.69) is 45.9 Å². The van der Waals surface area contributed by atoms with Gasteiger partial charge in [-0.25, -0.2) is 0 Å². The number of rotatable bonds is 3. The molecule has 0 spiro atoms. The molecule has 0 heterocycles. The summed E-state index contributed by atoms with van der Waals surface area (Å²) in [7, 11) is 0. The molecule has 0 bridgehead atoms. The van der Waals surface area contributed by atoms with Gasteiger partial charge in [-0.05, 0) is 42.4 Å². The fourth-order valence-electron chi connectivity index (χ4n) is 1.48. The lowest BCUT2D eigenvalue weighted by molar-refractivity contribution is 0.943. The molecule has 71 valence electrons. The van der Waals surface area contributed by atoms with Crippen molar-refractivity contribution in [3.8, 4) is 0 Å². The summed E-state index contributed by atoms with van der Waals surface area (Å²) in [6.45, 7) is 10.6. The molecule has 0 nitrogen and oxygen atoms in total. The Balaban J connectivity index is 3.07. The Morgan fingerprint density at radius 2 is 1.54 bits per heavy atom. The summed E-state index contributed by atoms with van der Waals surface area (Å²) in [6, 6.07) is 6.85. The van der Waals surface area contributed by atoms with Crippen LogP contribution in [0.3, 0.4) is 0 Å². The number of aryl methyl sites for hydroxylation is 2. The topological polar surface area (TPSA) is 0 Å². The van der Waals surface area contributed by atoms with Gasteiger partial charge in [0, 0.05) is 0 Å². The first-order chi connectivity index (χ1) is 6.17. The van der Waals surface area contributed by atoms with Crippen molar-refractivity contribution < 1.29 is 0 Å². The first-order valence-electron chi connectivity index (χ1n) is 5.13. The van der Waals surface area contributed by atoms with Gasteiger partial charge in [-0.3, -0.25) is 0 Å². The van der Waals surface area contributed by atoms with Crippen LogP contribution in [0.5, 0.6) is 0 Å². The van der Waals surface area contributed by atoms with Gasteiger partial charge in [0.05, 0.1) is 0 Å². The van der Waals surface area contributed by atoms with E-state index in [1.165, 1.54) is 16.7 Å². The molecule has 1 radical (unpaired) electrons. The Kier molecular flexibility index (Phi) is 3.53. The maximum absolute atomic E-state index is 4.06. The fourth-order valence-corrected chi connectivity index (χ4v) is 1.48. The van der Waals surface area contributed by atoms with E-state index in [1.807, 2.05) is 0 Å². The van der Waals surface area contributed by atoms with Crippen LogP contribution in [0.15, 0.2) is 18.2 Å². The van der Waals surface area contributed by atoms with E-state index in [4.69, 9.17) is 0 Å². The van der Waals surface area contributed by atoms with Crippen LogP contribution in [0.4, 0.5) is 0 Å². The van der Waals surface area contributed by atoms with Gasteiger partial charge >= 0.3 is 0 Å². The molecular formula is C13H19. The van der Waals surface area contributed by atoms with E-state index >= 15 is 0 Å². The maximum atomic E-state index is 4.06. The van der Waals surface area contributed by atoms with Crippen LogP contribution in [-0.2, 0) is 12.8 Å². The minimum absolute atomic E-state index is 0.400. The number of hydrogen-bond donors (Lipinski definition) is 0. The molecule has 0 aromatic heterocycles. The Bertz CT molecular complexity index is 249. The molecule has 1 atom stereocenters. The lowest BCUT2D eigenvalue weighted by atomic mass is 9.96. The Hall–Kier alpha value is -0.780. The summed E-state index contributed by atoms with van der Waals surface area (Å²) in [5.74, 6) is 0.400. The van der Waals surface area contributed by atoms with Crippen molar-refractivity contribution in [3.05, 3.63) is 41.8 Å². The normalized spacial score (nSPS) is 10.8. The molecule has 0 saturated heterocycles. The zero-order chi connectivity index (χ0) is 9.84. The Morgan fingerprint density at radius 3 is 1.85 bits per heavy atom. The number of hydrogen-bond acceptors (Lipinski definition) is 0. The highest BCUT2D eigenvalue weighted by Crippen LogP contribution is 2.18. The summed E-state index contributed by atoms with van der Waals surface area (Å²) in [5, 5.41) is 0. The molecule has 13 heavy (non-hydrogen) atoms. The molecule has 0 saturated carbocycles. The van der Waals surface area contributed by atoms with Gasteiger partial charge in [0.2, 0.25) is 0 Å². The van der Waals surface area contributed by atoms with Crippen molar-refractivity contribution in [1.82, 2.24) is 0 Å².